The van der Waals surface area contributed by atoms with Crippen LogP contribution in [0.4, 0.5) is 0 Å². The number of aliphatic hydroxyl groups is 1. The summed E-state index contributed by atoms with van der Waals surface area (Å²) in [6.07, 6.45) is 8.39. The summed E-state index contributed by atoms with van der Waals surface area (Å²) in [6, 6.07) is 1.47. The Hall–Kier alpha value is 0.230. The minimum atomic E-state index is -0.0897. The van der Waals surface area contributed by atoms with Crippen LogP contribution >= 0.6 is 11.8 Å². The molecule has 21 heavy (non-hydrogen) atoms. The van der Waals surface area contributed by atoms with Gasteiger partial charge in [-0.1, -0.05) is 0 Å². The maximum Gasteiger partial charge on any atom is 0.0783 e. The van der Waals surface area contributed by atoms with Crippen molar-refractivity contribution in [3.8, 4) is 0 Å². The maximum absolute atomic E-state index is 11.0. The number of fused-ring (bicyclic) bond motifs is 2. The Bertz CT molecular complexity index is 371. The predicted molar refractivity (Wildman–Crippen MR) is 86.7 cm³/mol. The van der Waals surface area contributed by atoms with Gasteiger partial charge < -0.3 is 14.7 Å². The van der Waals surface area contributed by atoms with E-state index in [9.17, 15) is 5.11 Å². The van der Waals surface area contributed by atoms with E-state index in [1.807, 2.05) is 11.8 Å². The molecule has 1 N–H and O–H groups in total. The molecule has 2 bridgehead atoms. The molecule has 4 fully saturated rings. The van der Waals surface area contributed by atoms with Gasteiger partial charge in [0, 0.05) is 24.4 Å². The highest BCUT2D eigenvalue weighted by Gasteiger charge is 2.46. The monoisotopic (exact) mass is 311 g/mol. The number of ether oxygens (including phenoxy) is 1. The Morgan fingerprint density at radius 2 is 1.95 bits per heavy atom. The molecule has 0 aliphatic carbocycles. The van der Waals surface area contributed by atoms with E-state index in [2.05, 4.69) is 11.9 Å². The van der Waals surface area contributed by atoms with Crippen LogP contribution in [-0.4, -0.2) is 59.0 Å². The summed E-state index contributed by atoms with van der Waals surface area (Å²) < 4.78 is 6.13. The molecule has 0 aromatic carbocycles. The summed E-state index contributed by atoms with van der Waals surface area (Å²) in [4.78, 5) is 2.57. The van der Waals surface area contributed by atoms with E-state index in [1.54, 1.807) is 0 Å². The third kappa shape index (κ3) is 2.66. The first-order chi connectivity index (χ1) is 10.2. The Morgan fingerprint density at radius 1 is 1.19 bits per heavy atom. The number of aliphatic hydroxyl groups excluding tert-OH is 1. The van der Waals surface area contributed by atoms with Crippen molar-refractivity contribution in [1.82, 2.24) is 4.90 Å². The van der Waals surface area contributed by atoms with Crippen molar-refractivity contribution in [3.05, 3.63) is 0 Å². The van der Waals surface area contributed by atoms with Gasteiger partial charge in [-0.2, -0.15) is 11.8 Å². The molecule has 0 aromatic rings. The number of hydrogen-bond acceptors (Lipinski definition) is 4. The average molecular weight is 311 g/mol. The van der Waals surface area contributed by atoms with E-state index >= 15 is 0 Å². The highest BCUT2D eigenvalue weighted by Crippen LogP contribution is 2.45. The molecule has 4 rings (SSSR count). The number of thioether (sulfide) groups is 1. The van der Waals surface area contributed by atoms with Crippen LogP contribution in [0.15, 0.2) is 0 Å². The molecule has 3 nitrogen and oxygen atoms in total. The zero-order valence-corrected chi connectivity index (χ0v) is 14.0. The zero-order valence-electron chi connectivity index (χ0n) is 13.2. The van der Waals surface area contributed by atoms with E-state index in [-0.39, 0.29) is 11.7 Å². The van der Waals surface area contributed by atoms with Crippen LogP contribution in [0.25, 0.3) is 0 Å². The van der Waals surface area contributed by atoms with Gasteiger partial charge in [0.25, 0.3) is 0 Å². The van der Waals surface area contributed by atoms with Crippen LogP contribution in [0.1, 0.15) is 44.9 Å². The molecule has 0 amide bonds. The van der Waals surface area contributed by atoms with Gasteiger partial charge in [0.2, 0.25) is 0 Å². The molecular formula is C17H29NO2S. The highest BCUT2D eigenvalue weighted by atomic mass is 32.2. The van der Waals surface area contributed by atoms with Gasteiger partial charge in [0.1, 0.15) is 0 Å². The molecule has 1 spiro atoms. The molecule has 4 heteroatoms. The second-order valence-electron chi connectivity index (χ2n) is 7.86. The molecule has 0 aromatic heterocycles. The minimum Gasteiger partial charge on any atom is -0.393 e. The summed E-state index contributed by atoms with van der Waals surface area (Å²) in [5.41, 5.74) is 0.110. The third-order valence-electron chi connectivity index (χ3n) is 6.70. The molecule has 0 saturated carbocycles. The first-order valence-electron chi connectivity index (χ1n) is 8.79. The van der Waals surface area contributed by atoms with Gasteiger partial charge in [-0.25, -0.2) is 0 Å². The number of piperidine rings is 1. The number of nitrogens with zero attached hydrogens (tertiary/aromatic N) is 1. The van der Waals surface area contributed by atoms with Crippen LogP contribution in [0.5, 0.6) is 0 Å². The fraction of sp³-hybridized carbons (Fsp3) is 1.00. The summed E-state index contributed by atoms with van der Waals surface area (Å²) in [7, 11) is 2.28. The van der Waals surface area contributed by atoms with E-state index in [0.29, 0.717) is 11.8 Å². The van der Waals surface area contributed by atoms with E-state index in [1.165, 1.54) is 37.9 Å². The van der Waals surface area contributed by atoms with Gasteiger partial charge in [-0.05, 0) is 69.6 Å². The van der Waals surface area contributed by atoms with Crippen LogP contribution in [0.2, 0.25) is 0 Å². The lowest BCUT2D eigenvalue weighted by Crippen LogP contribution is -2.48. The molecule has 5 unspecified atom stereocenters. The largest absolute Gasteiger partial charge is 0.393 e. The Kier molecular flexibility index (Phi) is 4.02. The summed E-state index contributed by atoms with van der Waals surface area (Å²) >= 11 is 2.03. The normalized spacial score (nSPS) is 48.9. The quantitative estimate of drug-likeness (QED) is 0.849. The van der Waals surface area contributed by atoms with E-state index in [0.717, 1.165) is 37.3 Å². The van der Waals surface area contributed by atoms with Crippen molar-refractivity contribution in [3.63, 3.8) is 0 Å². The molecule has 120 valence electrons. The molecule has 0 radical (unpaired) electrons. The van der Waals surface area contributed by atoms with Crippen molar-refractivity contribution < 1.29 is 9.84 Å². The molecule has 4 aliphatic rings. The highest BCUT2D eigenvalue weighted by molar-refractivity contribution is 7.99. The predicted octanol–water partition coefficient (Wildman–Crippen LogP) is 2.52. The standard InChI is InChI=1S/C17H29NO2S/c1-18-14-2-3-15(18)9-13(8-14)16(19)12-4-6-20-17(10-12)5-7-21-11-17/h12-16,19H,2-11H2,1H3. The second-order valence-corrected chi connectivity index (χ2v) is 8.96. The molecule has 5 atom stereocenters. The fourth-order valence-electron chi connectivity index (χ4n) is 5.34. The van der Waals surface area contributed by atoms with Gasteiger partial charge in [-0.3, -0.25) is 0 Å². The van der Waals surface area contributed by atoms with Crippen LogP contribution in [-0.2, 0) is 4.74 Å². The number of rotatable bonds is 2. The summed E-state index contributed by atoms with van der Waals surface area (Å²) in [5.74, 6) is 3.40. The average Bonchev–Trinajstić information content (AvgIpc) is 2.99. The van der Waals surface area contributed by atoms with Gasteiger partial charge >= 0.3 is 0 Å². The smallest absolute Gasteiger partial charge is 0.0783 e. The Labute approximate surface area is 132 Å². The van der Waals surface area contributed by atoms with Gasteiger partial charge in [-0.15, -0.1) is 0 Å². The lowest BCUT2D eigenvalue weighted by atomic mass is 9.75. The molecular weight excluding hydrogens is 282 g/mol. The van der Waals surface area contributed by atoms with Gasteiger partial charge in [0.15, 0.2) is 0 Å². The fourth-order valence-corrected chi connectivity index (χ4v) is 6.72. The number of hydrogen-bond donors (Lipinski definition) is 1. The first kappa shape index (κ1) is 14.8. The lowest BCUT2D eigenvalue weighted by Gasteiger charge is -2.44. The second kappa shape index (κ2) is 5.70. The Morgan fingerprint density at radius 3 is 2.62 bits per heavy atom. The van der Waals surface area contributed by atoms with Crippen molar-refractivity contribution >= 4 is 11.8 Å². The van der Waals surface area contributed by atoms with Crippen molar-refractivity contribution in [2.75, 3.05) is 25.2 Å². The molecule has 4 saturated heterocycles. The first-order valence-corrected chi connectivity index (χ1v) is 9.94. The summed E-state index contributed by atoms with van der Waals surface area (Å²) in [5, 5.41) is 11.0. The molecule has 4 heterocycles. The van der Waals surface area contributed by atoms with Crippen molar-refractivity contribution in [2.24, 2.45) is 11.8 Å². The third-order valence-corrected chi connectivity index (χ3v) is 7.92. The van der Waals surface area contributed by atoms with Crippen LogP contribution in [0.3, 0.4) is 0 Å². The SMILES string of the molecule is CN1C2CCC1CC(C(O)C1CCOC3(CCSC3)C1)C2. The zero-order chi connectivity index (χ0) is 14.4. The van der Waals surface area contributed by atoms with Crippen molar-refractivity contribution in [1.29, 1.82) is 0 Å². The minimum absolute atomic E-state index is 0.0897. The van der Waals surface area contributed by atoms with Crippen LogP contribution in [0, 0.1) is 11.8 Å². The van der Waals surface area contributed by atoms with E-state index in [4.69, 9.17) is 4.74 Å². The maximum atomic E-state index is 11.0. The summed E-state index contributed by atoms with van der Waals surface area (Å²) in [6.45, 7) is 0.863. The topological polar surface area (TPSA) is 32.7 Å². The van der Waals surface area contributed by atoms with Crippen LogP contribution < -0.4 is 0 Å². The van der Waals surface area contributed by atoms with E-state index < -0.39 is 0 Å². The lowest BCUT2D eigenvalue weighted by molar-refractivity contribution is -0.114. The Balaban J connectivity index is 1.41. The molecule has 4 aliphatic heterocycles. The van der Waals surface area contributed by atoms with Gasteiger partial charge in [0.05, 0.1) is 11.7 Å². The van der Waals surface area contributed by atoms with Crippen molar-refractivity contribution in [2.45, 2.75) is 68.7 Å².